The molecule has 3 rings (SSSR count). The number of carbonyl (C=O) groups excluding carboxylic acids is 2. The highest BCUT2D eigenvalue weighted by Gasteiger charge is 2.30. The molecule has 0 N–H and O–H groups in total. The average Bonchev–Trinajstić information content (AvgIpc) is 2.69. The van der Waals surface area contributed by atoms with Crippen LogP contribution in [0.1, 0.15) is 32.3 Å². The molecule has 1 amide bonds. The number of carbonyl (C=O) groups is 2. The van der Waals surface area contributed by atoms with E-state index in [2.05, 4.69) is 21.9 Å². The lowest BCUT2D eigenvalue weighted by Crippen LogP contribution is -2.54. The number of nitrogens with zero attached hydrogens (tertiary/aromatic N) is 3. The van der Waals surface area contributed by atoms with Gasteiger partial charge in [-0.05, 0) is 37.8 Å². The Morgan fingerprint density at radius 3 is 2.52 bits per heavy atom. The molecule has 1 aromatic carbocycles. The summed E-state index contributed by atoms with van der Waals surface area (Å²) in [5, 5.41) is 0. The molecule has 0 saturated carbocycles. The summed E-state index contributed by atoms with van der Waals surface area (Å²) in [6.45, 7) is 8.71. The molecule has 0 radical (unpaired) electrons. The molecule has 148 valence electrons. The highest BCUT2D eigenvalue weighted by molar-refractivity contribution is 5.96. The summed E-state index contributed by atoms with van der Waals surface area (Å²) in [6.07, 6.45) is 2.82. The van der Waals surface area contributed by atoms with E-state index in [1.54, 1.807) is 0 Å². The minimum absolute atomic E-state index is 0.130. The monoisotopic (exact) mass is 373 g/mol. The van der Waals surface area contributed by atoms with Gasteiger partial charge in [0.15, 0.2) is 0 Å². The third-order valence-electron chi connectivity index (χ3n) is 5.56. The van der Waals surface area contributed by atoms with Gasteiger partial charge in [-0.1, -0.05) is 25.1 Å². The largest absolute Gasteiger partial charge is 0.465 e. The maximum atomic E-state index is 12.9. The van der Waals surface area contributed by atoms with Crippen molar-refractivity contribution in [1.82, 2.24) is 9.80 Å². The van der Waals surface area contributed by atoms with Crippen LogP contribution in [0.25, 0.3) is 0 Å². The van der Waals surface area contributed by atoms with Gasteiger partial charge in [0.05, 0.1) is 13.2 Å². The number of anilines is 1. The van der Waals surface area contributed by atoms with Crippen molar-refractivity contribution in [2.75, 3.05) is 50.8 Å². The molecule has 2 aliphatic heterocycles. The predicted molar refractivity (Wildman–Crippen MR) is 106 cm³/mol. The maximum absolute atomic E-state index is 12.9. The third-order valence-corrected chi connectivity index (χ3v) is 5.56. The van der Waals surface area contributed by atoms with Crippen molar-refractivity contribution in [1.29, 1.82) is 0 Å². The van der Waals surface area contributed by atoms with E-state index in [-0.39, 0.29) is 17.9 Å². The van der Waals surface area contributed by atoms with Crippen molar-refractivity contribution in [3.63, 3.8) is 0 Å². The number of rotatable bonds is 6. The van der Waals surface area contributed by atoms with Crippen LogP contribution < -0.4 is 4.90 Å². The number of aryl methyl sites for hydroxylation is 1. The number of benzene rings is 1. The Kier molecular flexibility index (Phi) is 6.85. The van der Waals surface area contributed by atoms with Crippen molar-refractivity contribution < 1.29 is 14.3 Å². The number of amides is 1. The lowest BCUT2D eigenvalue weighted by molar-refractivity contribution is -0.150. The van der Waals surface area contributed by atoms with Gasteiger partial charge < -0.3 is 9.64 Å². The normalized spacial score (nSPS) is 19.4. The number of para-hydroxylation sites is 1. The number of piperazine rings is 1. The van der Waals surface area contributed by atoms with E-state index in [4.69, 9.17) is 4.74 Å². The van der Waals surface area contributed by atoms with Gasteiger partial charge in [0, 0.05) is 38.4 Å². The molecule has 2 heterocycles. The summed E-state index contributed by atoms with van der Waals surface area (Å²) in [5.41, 5.74) is 2.34. The first-order chi connectivity index (χ1) is 13.1. The number of hydrogen-bond acceptors (Lipinski definition) is 5. The Hall–Kier alpha value is -1.92. The van der Waals surface area contributed by atoms with Crippen LogP contribution in [0.3, 0.4) is 0 Å². The molecule has 1 atom stereocenters. The van der Waals surface area contributed by atoms with E-state index >= 15 is 0 Å². The summed E-state index contributed by atoms with van der Waals surface area (Å²) in [6, 6.07) is 8.05. The molecular formula is C21H31N3O3. The Balaban J connectivity index is 1.54. The number of esters is 1. The number of fused-ring (bicyclic) bond motifs is 1. The summed E-state index contributed by atoms with van der Waals surface area (Å²) >= 11 is 0. The van der Waals surface area contributed by atoms with Gasteiger partial charge in [0.2, 0.25) is 5.91 Å². The smallest absolute Gasteiger partial charge is 0.323 e. The molecule has 0 spiro atoms. The van der Waals surface area contributed by atoms with Gasteiger partial charge >= 0.3 is 5.97 Å². The first-order valence-electron chi connectivity index (χ1n) is 10.1. The van der Waals surface area contributed by atoms with Crippen molar-refractivity contribution in [3.8, 4) is 0 Å². The minimum atomic E-state index is -0.170. The highest BCUT2D eigenvalue weighted by Crippen LogP contribution is 2.26. The predicted octanol–water partition coefficient (Wildman–Crippen LogP) is 1.93. The Morgan fingerprint density at radius 2 is 1.81 bits per heavy atom. The van der Waals surface area contributed by atoms with Crippen LogP contribution in [-0.4, -0.2) is 73.6 Å². The molecule has 1 fully saturated rings. The standard InChI is InChI=1S/C21H31N3O3/c1-3-18(21(26)27-4-2)23-14-12-22(13-15-23)16-20(25)24-11-7-9-17-8-5-6-10-19(17)24/h5-6,8,10,18H,3-4,7,9,11-16H2,1-2H3. The SMILES string of the molecule is CCOC(=O)C(CC)N1CCN(CC(=O)N2CCCc3ccccc32)CC1. The molecule has 1 saturated heterocycles. The first kappa shape index (κ1) is 19.8. The van der Waals surface area contributed by atoms with Crippen LogP contribution in [0.4, 0.5) is 5.69 Å². The summed E-state index contributed by atoms with van der Waals surface area (Å²) in [7, 11) is 0. The number of hydrogen-bond donors (Lipinski definition) is 0. The van der Waals surface area contributed by atoms with Gasteiger partial charge in [0.1, 0.15) is 6.04 Å². The zero-order chi connectivity index (χ0) is 19.2. The Labute approximate surface area is 162 Å². The quantitative estimate of drug-likeness (QED) is 0.713. The van der Waals surface area contributed by atoms with Gasteiger partial charge in [-0.2, -0.15) is 0 Å². The molecule has 0 bridgehead atoms. The second kappa shape index (κ2) is 9.33. The fourth-order valence-electron chi connectivity index (χ4n) is 4.11. The van der Waals surface area contributed by atoms with E-state index in [1.165, 1.54) is 5.56 Å². The molecular weight excluding hydrogens is 342 g/mol. The van der Waals surface area contributed by atoms with Gasteiger partial charge in [0.25, 0.3) is 0 Å². The first-order valence-corrected chi connectivity index (χ1v) is 10.1. The maximum Gasteiger partial charge on any atom is 0.323 e. The van der Waals surface area contributed by atoms with Crippen LogP contribution in [0, 0.1) is 0 Å². The van der Waals surface area contributed by atoms with E-state index in [0.29, 0.717) is 13.2 Å². The average molecular weight is 373 g/mol. The van der Waals surface area contributed by atoms with Crippen LogP contribution in [0.2, 0.25) is 0 Å². The lowest BCUT2D eigenvalue weighted by atomic mass is 10.0. The van der Waals surface area contributed by atoms with Crippen molar-refractivity contribution in [2.45, 2.75) is 39.2 Å². The summed E-state index contributed by atoms with van der Waals surface area (Å²) < 4.78 is 5.20. The van der Waals surface area contributed by atoms with Gasteiger partial charge in [-0.25, -0.2) is 0 Å². The zero-order valence-corrected chi connectivity index (χ0v) is 16.5. The van der Waals surface area contributed by atoms with Gasteiger partial charge in [-0.3, -0.25) is 19.4 Å². The fourth-order valence-corrected chi connectivity index (χ4v) is 4.11. The van der Waals surface area contributed by atoms with Crippen LogP contribution in [0.5, 0.6) is 0 Å². The van der Waals surface area contributed by atoms with Crippen LogP contribution >= 0.6 is 0 Å². The molecule has 0 aliphatic carbocycles. The fraction of sp³-hybridized carbons (Fsp3) is 0.619. The molecule has 1 aromatic rings. The molecule has 6 nitrogen and oxygen atoms in total. The summed E-state index contributed by atoms with van der Waals surface area (Å²) in [4.78, 5) is 31.3. The molecule has 1 unspecified atom stereocenters. The minimum Gasteiger partial charge on any atom is -0.465 e. The number of ether oxygens (including phenoxy) is 1. The topological polar surface area (TPSA) is 53.1 Å². The van der Waals surface area contributed by atoms with E-state index in [9.17, 15) is 9.59 Å². The molecule has 6 heteroatoms. The van der Waals surface area contributed by atoms with Gasteiger partial charge in [-0.15, -0.1) is 0 Å². The highest BCUT2D eigenvalue weighted by atomic mass is 16.5. The molecule has 2 aliphatic rings. The van der Waals surface area contributed by atoms with Crippen LogP contribution in [-0.2, 0) is 20.7 Å². The second-order valence-electron chi connectivity index (χ2n) is 7.27. The Bertz CT molecular complexity index is 656. The van der Waals surface area contributed by atoms with E-state index in [1.807, 2.05) is 30.9 Å². The van der Waals surface area contributed by atoms with E-state index in [0.717, 1.165) is 57.7 Å². The molecule has 0 aromatic heterocycles. The third kappa shape index (κ3) is 4.68. The van der Waals surface area contributed by atoms with Crippen molar-refractivity contribution in [3.05, 3.63) is 29.8 Å². The van der Waals surface area contributed by atoms with E-state index < -0.39 is 0 Å². The van der Waals surface area contributed by atoms with Crippen molar-refractivity contribution >= 4 is 17.6 Å². The second-order valence-corrected chi connectivity index (χ2v) is 7.27. The summed E-state index contributed by atoms with van der Waals surface area (Å²) in [5.74, 6) is 0.0440. The van der Waals surface area contributed by atoms with Crippen LogP contribution in [0.15, 0.2) is 24.3 Å². The lowest BCUT2D eigenvalue weighted by Gasteiger charge is -2.38. The Morgan fingerprint density at radius 1 is 1.07 bits per heavy atom. The molecule has 27 heavy (non-hydrogen) atoms. The zero-order valence-electron chi connectivity index (χ0n) is 16.5. The van der Waals surface area contributed by atoms with Crippen molar-refractivity contribution in [2.24, 2.45) is 0 Å².